The van der Waals surface area contributed by atoms with Gasteiger partial charge in [0.2, 0.25) is 5.91 Å². The van der Waals surface area contributed by atoms with Crippen molar-refractivity contribution in [2.75, 3.05) is 0 Å². The molecule has 0 spiro atoms. The Balaban J connectivity index is 1.60. The van der Waals surface area contributed by atoms with E-state index in [1.54, 1.807) is 0 Å². The number of rotatable bonds is 2. The summed E-state index contributed by atoms with van der Waals surface area (Å²) < 4.78 is 5.83. The molecule has 0 saturated heterocycles. The molecule has 3 unspecified atom stereocenters. The highest BCUT2D eigenvalue weighted by atomic mass is 16.5. The van der Waals surface area contributed by atoms with Gasteiger partial charge in [0.15, 0.2) is 5.78 Å². The Bertz CT molecular complexity index is 1070. The Morgan fingerprint density at radius 1 is 0.919 bits per heavy atom. The number of ether oxygens (including phenoxy) is 1. The average molecular weight is 512 g/mol. The van der Waals surface area contributed by atoms with Crippen molar-refractivity contribution >= 4 is 17.7 Å². The van der Waals surface area contributed by atoms with Gasteiger partial charge in [-0.15, -0.1) is 0 Å². The molecular formula is C32H49NO4. The van der Waals surface area contributed by atoms with Crippen molar-refractivity contribution < 1.29 is 19.1 Å². The highest BCUT2D eigenvalue weighted by Gasteiger charge is 2.71. The molecule has 5 nitrogen and oxygen atoms in total. The first-order valence-corrected chi connectivity index (χ1v) is 14.7. The fourth-order valence-electron chi connectivity index (χ4n) is 10.9. The van der Waals surface area contributed by atoms with Gasteiger partial charge < -0.3 is 10.5 Å². The first-order chi connectivity index (χ1) is 16.9. The molecule has 5 heteroatoms. The summed E-state index contributed by atoms with van der Waals surface area (Å²) in [5.74, 6) is 0.162. The molecule has 5 aliphatic rings. The lowest BCUT2D eigenvalue weighted by atomic mass is 9.33. The second kappa shape index (κ2) is 7.94. The third-order valence-corrected chi connectivity index (χ3v) is 13.1. The number of esters is 1. The van der Waals surface area contributed by atoms with Gasteiger partial charge in [0.1, 0.15) is 6.10 Å². The summed E-state index contributed by atoms with van der Waals surface area (Å²) in [6.07, 6.45) is 10.1. The van der Waals surface area contributed by atoms with Crippen molar-refractivity contribution in [1.29, 1.82) is 0 Å². The molecule has 0 bridgehead atoms. The molecule has 5 rings (SSSR count). The number of hydrogen-bond donors (Lipinski definition) is 1. The van der Waals surface area contributed by atoms with Gasteiger partial charge in [-0.1, -0.05) is 54.0 Å². The van der Waals surface area contributed by atoms with Crippen LogP contribution in [-0.2, 0) is 19.1 Å². The van der Waals surface area contributed by atoms with Gasteiger partial charge in [-0.2, -0.15) is 0 Å². The summed E-state index contributed by atoms with van der Waals surface area (Å²) in [6.45, 7) is 17.7. The largest absolute Gasteiger partial charge is 0.462 e. The smallest absolute Gasteiger partial charge is 0.302 e. The molecule has 5 aliphatic carbocycles. The average Bonchev–Trinajstić information content (AvgIpc) is 2.76. The van der Waals surface area contributed by atoms with Crippen molar-refractivity contribution in [2.45, 2.75) is 119 Å². The maximum atomic E-state index is 14.4. The molecule has 4 saturated carbocycles. The minimum atomic E-state index is -0.518. The lowest BCUT2D eigenvalue weighted by Gasteiger charge is -2.70. The SMILES string of the molecule is CC(=O)O[C@H]1CC[C@@]2(C)C(CC[C@]3(C)C2C(=O)C=C2C4CC(C)(C)CC[C@]4(C(N)=O)CC[C@]23C)C1(C)C. The third kappa shape index (κ3) is 3.43. The van der Waals surface area contributed by atoms with E-state index in [0.29, 0.717) is 5.92 Å². The topological polar surface area (TPSA) is 86.5 Å². The van der Waals surface area contributed by atoms with Gasteiger partial charge in [-0.05, 0) is 97.4 Å². The molecular weight excluding hydrogens is 462 g/mol. The van der Waals surface area contributed by atoms with Gasteiger partial charge >= 0.3 is 5.97 Å². The number of allylic oxidation sites excluding steroid dienone is 2. The zero-order valence-electron chi connectivity index (χ0n) is 24.5. The van der Waals surface area contributed by atoms with Gasteiger partial charge in [0.05, 0.1) is 5.41 Å². The van der Waals surface area contributed by atoms with Crippen molar-refractivity contribution in [3.63, 3.8) is 0 Å². The van der Waals surface area contributed by atoms with Crippen LogP contribution < -0.4 is 5.73 Å². The van der Waals surface area contributed by atoms with Crippen LogP contribution in [0.1, 0.15) is 113 Å². The fourth-order valence-corrected chi connectivity index (χ4v) is 10.9. The maximum Gasteiger partial charge on any atom is 0.302 e. The van der Waals surface area contributed by atoms with Crippen LogP contribution in [0.15, 0.2) is 11.6 Å². The number of hydrogen-bond acceptors (Lipinski definition) is 4. The van der Waals surface area contributed by atoms with Crippen LogP contribution in [0.2, 0.25) is 0 Å². The number of primary amides is 1. The second-order valence-electron chi connectivity index (χ2n) is 15.7. The van der Waals surface area contributed by atoms with E-state index in [9.17, 15) is 14.4 Å². The molecule has 0 aliphatic heterocycles. The van der Waals surface area contributed by atoms with E-state index in [0.717, 1.165) is 57.8 Å². The number of ketones is 1. The van der Waals surface area contributed by atoms with Gasteiger partial charge in [0.25, 0.3) is 0 Å². The summed E-state index contributed by atoms with van der Waals surface area (Å²) in [7, 11) is 0. The van der Waals surface area contributed by atoms with Gasteiger partial charge in [0, 0.05) is 18.3 Å². The molecule has 0 aromatic rings. The molecule has 0 radical (unpaired) electrons. The van der Waals surface area contributed by atoms with Crippen LogP contribution in [0.3, 0.4) is 0 Å². The monoisotopic (exact) mass is 511 g/mol. The third-order valence-electron chi connectivity index (χ3n) is 13.1. The molecule has 206 valence electrons. The number of fused-ring (bicyclic) bond motifs is 7. The van der Waals surface area contributed by atoms with Crippen molar-refractivity contribution in [1.82, 2.24) is 0 Å². The normalized spacial score (nSPS) is 47.9. The van der Waals surface area contributed by atoms with Gasteiger partial charge in [-0.3, -0.25) is 14.4 Å². The Morgan fingerprint density at radius 3 is 2.19 bits per heavy atom. The lowest BCUT2D eigenvalue weighted by molar-refractivity contribution is -0.210. The molecule has 2 N–H and O–H groups in total. The van der Waals surface area contributed by atoms with E-state index in [2.05, 4.69) is 48.5 Å². The van der Waals surface area contributed by atoms with E-state index in [4.69, 9.17) is 10.5 Å². The minimum Gasteiger partial charge on any atom is -0.462 e. The molecule has 0 aromatic heterocycles. The highest BCUT2D eigenvalue weighted by Crippen LogP contribution is 2.75. The summed E-state index contributed by atoms with van der Waals surface area (Å²) in [4.78, 5) is 39.3. The number of amides is 1. The number of carbonyl (C=O) groups excluding carboxylic acids is 3. The second-order valence-corrected chi connectivity index (χ2v) is 15.7. The van der Waals surface area contributed by atoms with Gasteiger partial charge in [-0.25, -0.2) is 0 Å². The Kier molecular flexibility index (Phi) is 5.78. The highest BCUT2D eigenvalue weighted by molar-refractivity contribution is 5.96. The van der Waals surface area contributed by atoms with E-state index < -0.39 is 5.41 Å². The lowest BCUT2D eigenvalue weighted by Crippen LogP contribution is -2.67. The summed E-state index contributed by atoms with van der Waals surface area (Å²) in [6, 6.07) is 0. The Hall–Kier alpha value is -1.65. The number of carbonyl (C=O) groups is 3. The van der Waals surface area contributed by atoms with Crippen LogP contribution in [0.4, 0.5) is 0 Å². The van der Waals surface area contributed by atoms with E-state index in [1.165, 1.54) is 12.5 Å². The van der Waals surface area contributed by atoms with E-state index in [-0.39, 0.29) is 62.7 Å². The minimum absolute atomic E-state index is 0.0518. The number of nitrogens with two attached hydrogens (primary N) is 1. The van der Waals surface area contributed by atoms with E-state index >= 15 is 0 Å². The van der Waals surface area contributed by atoms with Crippen LogP contribution in [0, 0.1) is 50.2 Å². The molecule has 1 amide bonds. The molecule has 37 heavy (non-hydrogen) atoms. The summed E-state index contributed by atoms with van der Waals surface area (Å²) in [5, 5.41) is 0. The van der Waals surface area contributed by atoms with Crippen molar-refractivity contribution in [2.24, 2.45) is 56.0 Å². The summed E-state index contributed by atoms with van der Waals surface area (Å²) >= 11 is 0. The zero-order chi connectivity index (χ0) is 27.4. The van der Waals surface area contributed by atoms with Crippen LogP contribution in [0.25, 0.3) is 0 Å². The first kappa shape index (κ1) is 26.9. The van der Waals surface area contributed by atoms with E-state index in [1.807, 2.05) is 6.08 Å². The van der Waals surface area contributed by atoms with Crippen LogP contribution in [0.5, 0.6) is 0 Å². The molecule has 0 heterocycles. The van der Waals surface area contributed by atoms with Crippen LogP contribution >= 0.6 is 0 Å². The maximum absolute atomic E-state index is 14.4. The molecule has 0 aromatic carbocycles. The molecule has 4 fully saturated rings. The predicted molar refractivity (Wildman–Crippen MR) is 144 cm³/mol. The standard InChI is InChI=1S/C32H49NO4/c1-19(34)37-24-10-11-29(6)23(28(24,4)5)9-12-31(8)25(29)22(35)17-20-21-18-27(2,3)13-15-32(21,26(33)36)16-14-30(20,31)7/h17,21,23-25H,9-16,18H2,1-8H3,(H2,33,36)/t21?,23?,24-,25?,29-,30+,31+,32-/m0/s1. The van der Waals surface area contributed by atoms with Crippen molar-refractivity contribution in [3.8, 4) is 0 Å². The van der Waals surface area contributed by atoms with Crippen LogP contribution in [-0.4, -0.2) is 23.8 Å². The first-order valence-electron chi connectivity index (χ1n) is 14.7. The van der Waals surface area contributed by atoms with Crippen molar-refractivity contribution in [3.05, 3.63) is 11.6 Å². The Morgan fingerprint density at radius 2 is 1.57 bits per heavy atom. The summed E-state index contributed by atoms with van der Waals surface area (Å²) in [5.41, 5.74) is 6.36. The Labute approximate surface area is 223 Å². The fraction of sp³-hybridized carbons (Fsp3) is 0.844. The predicted octanol–water partition coefficient (Wildman–Crippen LogP) is 6.38. The molecule has 8 atom stereocenters. The quantitative estimate of drug-likeness (QED) is 0.436. The zero-order valence-corrected chi connectivity index (χ0v) is 24.5.